The number of nitrogens with one attached hydrogen (secondary N) is 1. The minimum atomic E-state index is -0.373. The van der Waals surface area contributed by atoms with Crippen LogP contribution < -0.4 is 5.32 Å². The highest BCUT2D eigenvalue weighted by molar-refractivity contribution is 7.99. The summed E-state index contributed by atoms with van der Waals surface area (Å²) in [5, 5.41) is 3.67. The Morgan fingerprint density at radius 1 is 1.29 bits per heavy atom. The van der Waals surface area contributed by atoms with Gasteiger partial charge in [-0.05, 0) is 62.9 Å². The topological polar surface area (TPSA) is 38.3 Å². The van der Waals surface area contributed by atoms with E-state index in [1.807, 2.05) is 18.7 Å². The SMILES string of the molecule is CCCCSCCC1CCCC1(NC1CC1)C(=O)OCC. The van der Waals surface area contributed by atoms with Gasteiger partial charge in [0.2, 0.25) is 0 Å². The van der Waals surface area contributed by atoms with Crippen molar-refractivity contribution in [2.24, 2.45) is 5.92 Å². The van der Waals surface area contributed by atoms with E-state index in [1.54, 1.807) is 0 Å². The normalized spacial score (nSPS) is 28.8. The third-order valence-corrected chi connectivity index (χ3v) is 5.85. The molecule has 0 aromatic heterocycles. The van der Waals surface area contributed by atoms with E-state index >= 15 is 0 Å². The number of carbonyl (C=O) groups excluding carboxylic acids is 1. The van der Waals surface area contributed by atoms with Crippen molar-refractivity contribution >= 4 is 17.7 Å². The molecule has 0 saturated heterocycles. The summed E-state index contributed by atoms with van der Waals surface area (Å²) in [7, 11) is 0. The molecule has 0 aromatic carbocycles. The molecule has 2 fully saturated rings. The summed E-state index contributed by atoms with van der Waals surface area (Å²) >= 11 is 2.05. The van der Waals surface area contributed by atoms with E-state index < -0.39 is 0 Å². The Morgan fingerprint density at radius 3 is 2.76 bits per heavy atom. The second-order valence-corrected chi connectivity index (χ2v) is 7.68. The second kappa shape index (κ2) is 8.42. The van der Waals surface area contributed by atoms with Crippen molar-refractivity contribution in [3.05, 3.63) is 0 Å². The molecule has 122 valence electrons. The van der Waals surface area contributed by atoms with Gasteiger partial charge < -0.3 is 4.74 Å². The van der Waals surface area contributed by atoms with Gasteiger partial charge in [-0.2, -0.15) is 11.8 Å². The van der Waals surface area contributed by atoms with Crippen LogP contribution in [0.2, 0.25) is 0 Å². The first kappa shape index (κ1) is 17.1. The Morgan fingerprint density at radius 2 is 2.10 bits per heavy atom. The molecule has 1 N–H and O–H groups in total. The highest BCUT2D eigenvalue weighted by Gasteiger charge is 2.51. The molecule has 0 radical (unpaired) electrons. The van der Waals surface area contributed by atoms with Crippen molar-refractivity contribution in [2.75, 3.05) is 18.1 Å². The Labute approximate surface area is 134 Å². The van der Waals surface area contributed by atoms with Gasteiger partial charge >= 0.3 is 5.97 Å². The van der Waals surface area contributed by atoms with Gasteiger partial charge in [0.05, 0.1) is 6.61 Å². The maximum absolute atomic E-state index is 12.6. The van der Waals surface area contributed by atoms with Crippen LogP contribution in [-0.2, 0) is 9.53 Å². The van der Waals surface area contributed by atoms with Crippen LogP contribution >= 0.6 is 11.8 Å². The minimum Gasteiger partial charge on any atom is -0.465 e. The highest BCUT2D eigenvalue weighted by atomic mass is 32.2. The van der Waals surface area contributed by atoms with Crippen LogP contribution in [0.5, 0.6) is 0 Å². The molecule has 0 spiro atoms. The lowest BCUT2D eigenvalue weighted by Gasteiger charge is -2.34. The van der Waals surface area contributed by atoms with Crippen LogP contribution in [0.3, 0.4) is 0 Å². The minimum absolute atomic E-state index is 0.0120. The Balaban J connectivity index is 1.90. The van der Waals surface area contributed by atoms with Gasteiger partial charge in [-0.3, -0.25) is 10.1 Å². The number of ether oxygens (including phenoxy) is 1. The molecule has 0 bridgehead atoms. The van der Waals surface area contributed by atoms with Crippen molar-refractivity contribution in [2.45, 2.75) is 76.8 Å². The number of unbranched alkanes of at least 4 members (excludes halogenated alkanes) is 1. The highest BCUT2D eigenvalue weighted by Crippen LogP contribution is 2.42. The maximum atomic E-state index is 12.6. The average Bonchev–Trinajstić information content (AvgIpc) is 3.19. The molecular formula is C17H31NO2S. The van der Waals surface area contributed by atoms with E-state index in [1.165, 1.54) is 43.6 Å². The quantitative estimate of drug-likeness (QED) is 0.492. The van der Waals surface area contributed by atoms with Crippen molar-refractivity contribution < 1.29 is 9.53 Å². The Hall–Kier alpha value is -0.220. The van der Waals surface area contributed by atoms with Gasteiger partial charge in [-0.25, -0.2) is 0 Å². The fourth-order valence-corrected chi connectivity index (χ4v) is 4.56. The van der Waals surface area contributed by atoms with Gasteiger partial charge in [0, 0.05) is 6.04 Å². The lowest BCUT2D eigenvalue weighted by atomic mass is 9.84. The largest absolute Gasteiger partial charge is 0.465 e. The van der Waals surface area contributed by atoms with Gasteiger partial charge in [0.15, 0.2) is 0 Å². The molecule has 0 aliphatic heterocycles. The summed E-state index contributed by atoms with van der Waals surface area (Å²) < 4.78 is 5.42. The van der Waals surface area contributed by atoms with E-state index in [4.69, 9.17) is 4.74 Å². The van der Waals surface area contributed by atoms with Crippen LogP contribution in [0.4, 0.5) is 0 Å². The molecular weight excluding hydrogens is 282 g/mol. The molecule has 4 heteroatoms. The lowest BCUT2D eigenvalue weighted by molar-refractivity contribution is -0.153. The van der Waals surface area contributed by atoms with E-state index in [-0.39, 0.29) is 11.5 Å². The molecule has 3 nitrogen and oxygen atoms in total. The van der Waals surface area contributed by atoms with Gasteiger partial charge in [-0.1, -0.05) is 19.8 Å². The van der Waals surface area contributed by atoms with Crippen LogP contribution in [0, 0.1) is 5.92 Å². The van der Waals surface area contributed by atoms with Gasteiger partial charge in [0.1, 0.15) is 5.54 Å². The summed E-state index contributed by atoms with van der Waals surface area (Å²) in [6, 6.07) is 0.558. The zero-order chi connectivity index (χ0) is 15.1. The molecule has 2 saturated carbocycles. The first-order chi connectivity index (χ1) is 10.2. The molecule has 2 rings (SSSR count). The zero-order valence-electron chi connectivity index (χ0n) is 13.7. The fourth-order valence-electron chi connectivity index (χ4n) is 3.41. The second-order valence-electron chi connectivity index (χ2n) is 6.45. The molecule has 2 aliphatic carbocycles. The summed E-state index contributed by atoms with van der Waals surface area (Å²) in [6.45, 7) is 4.64. The van der Waals surface area contributed by atoms with Crippen LogP contribution in [0.25, 0.3) is 0 Å². The van der Waals surface area contributed by atoms with E-state index in [0.717, 1.165) is 19.3 Å². The summed E-state index contributed by atoms with van der Waals surface area (Å²) in [4.78, 5) is 12.6. The van der Waals surface area contributed by atoms with Gasteiger partial charge in [-0.15, -0.1) is 0 Å². The molecule has 2 atom stereocenters. The van der Waals surface area contributed by atoms with E-state index in [0.29, 0.717) is 18.6 Å². The summed E-state index contributed by atoms with van der Waals surface area (Å²) in [5.41, 5.74) is -0.373. The molecule has 21 heavy (non-hydrogen) atoms. The monoisotopic (exact) mass is 313 g/mol. The van der Waals surface area contributed by atoms with Crippen molar-refractivity contribution in [3.8, 4) is 0 Å². The van der Waals surface area contributed by atoms with Crippen molar-refractivity contribution in [3.63, 3.8) is 0 Å². The maximum Gasteiger partial charge on any atom is 0.326 e. The molecule has 0 amide bonds. The first-order valence-electron chi connectivity index (χ1n) is 8.75. The van der Waals surface area contributed by atoms with Crippen LogP contribution in [0.1, 0.15) is 65.2 Å². The molecule has 2 unspecified atom stereocenters. The fraction of sp³-hybridized carbons (Fsp3) is 0.941. The molecule has 0 heterocycles. The number of carbonyl (C=O) groups is 1. The number of hydrogen-bond donors (Lipinski definition) is 1. The predicted molar refractivity (Wildman–Crippen MR) is 89.7 cm³/mol. The van der Waals surface area contributed by atoms with Crippen molar-refractivity contribution in [1.82, 2.24) is 5.32 Å². The first-order valence-corrected chi connectivity index (χ1v) is 9.91. The van der Waals surface area contributed by atoms with Crippen molar-refractivity contribution in [1.29, 1.82) is 0 Å². The summed E-state index contributed by atoms with van der Waals surface area (Å²) in [5.74, 6) is 2.91. The number of hydrogen-bond acceptors (Lipinski definition) is 4. The molecule has 0 aromatic rings. The number of rotatable bonds is 10. The third kappa shape index (κ3) is 4.62. The summed E-state index contributed by atoms with van der Waals surface area (Å²) in [6.07, 6.45) is 9.46. The average molecular weight is 314 g/mol. The third-order valence-electron chi connectivity index (χ3n) is 4.75. The van der Waals surface area contributed by atoms with Crippen LogP contribution in [0.15, 0.2) is 0 Å². The number of esters is 1. The predicted octanol–water partition coefficient (Wildman–Crippen LogP) is 3.76. The smallest absolute Gasteiger partial charge is 0.326 e. The van der Waals surface area contributed by atoms with Crippen LogP contribution in [-0.4, -0.2) is 35.7 Å². The Kier molecular flexibility index (Phi) is 6.87. The van der Waals surface area contributed by atoms with Gasteiger partial charge in [0.25, 0.3) is 0 Å². The lowest BCUT2D eigenvalue weighted by Crippen LogP contribution is -2.56. The standard InChI is InChI=1S/C17H31NO2S/c1-3-5-12-21-13-10-14-7-6-11-17(14,16(19)20-4-2)18-15-8-9-15/h14-15,18H,3-13H2,1-2H3. The van der Waals surface area contributed by atoms with E-state index in [9.17, 15) is 4.79 Å². The number of thioether (sulfide) groups is 1. The molecule has 2 aliphatic rings. The van der Waals surface area contributed by atoms with E-state index in [2.05, 4.69) is 12.2 Å². The zero-order valence-corrected chi connectivity index (χ0v) is 14.5. The Bertz CT molecular complexity index is 333.